The highest BCUT2D eigenvalue weighted by molar-refractivity contribution is 5.89. The van der Waals surface area contributed by atoms with Crippen LogP contribution < -0.4 is 5.32 Å². The summed E-state index contributed by atoms with van der Waals surface area (Å²) in [6.07, 6.45) is 0.852. The normalized spacial score (nSPS) is 16.2. The van der Waals surface area contributed by atoms with E-state index in [-0.39, 0.29) is 29.7 Å². The predicted molar refractivity (Wildman–Crippen MR) is 105 cm³/mol. The van der Waals surface area contributed by atoms with Crippen LogP contribution in [0.2, 0.25) is 0 Å². The van der Waals surface area contributed by atoms with Crippen molar-refractivity contribution in [3.8, 4) is 0 Å². The molecule has 2 aromatic carbocycles. The molecule has 0 spiro atoms. The molecule has 1 fully saturated rings. The minimum Gasteiger partial charge on any atom is -0.478 e. The molecule has 3 rings (SSSR count). The van der Waals surface area contributed by atoms with Gasteiger partial charge in [-0.1, -0.05) is 42.0 Å². The van der Waals surface area contributed by atoms with Crippen LogP contribution in [0, 0.1) is 12.8 Å². The van der Waals surface area contributed by atoms with Crippen molar-refractivity contribution in [3.63, 3.8) is 0 Å². The Morgan fingerprint density at radius 2 is 1.71 bits per heavy atom. The maximum atomic E-state index is 12.4. The Morgan fingerprint density at radius 1 is 1.07 bits per heavy atom. The van der Waals surface area contributed by atoms with Gasteiger partial charge >= 0.3 is 5.97 Å². The lowest BCUT2D eigenvalue weighted by molar-refractivity contribution is -0.129. The molecule has 2 N–H and O–H groups in total. The molecule has 0 saturated carbocycles. The monoisotopic (exact) mass is 380 g/mol. The lowest BCUT2D eigenvalue weighted by atomic mass is 10.1. The number of benzene rings is 2. The summed E-state index contributed by atoms with van der Waals surface area (Å²) in [7, 11) is 0. The molecule has 1 saturated heterocycles. The number of aromatic carboxylic acids is 1. The average molecular weight is 380 g/mol. The standard InChI is InChI=1S/C22H24N2O4/c1-15-2-4-17(5-3-15)13-24-14-19(12-20(24)25)21(26)23-11-10-16-6-8-18(9-7-16)22(27)28/h2-9,19H,10-14H2,1H3,(H,23,26)(H,27,28). The van der Waals surface area contributed by atoms with Gasteiger partial charge in [-0.05, 0) is 36.6 Å². The number of rotatable bonds is 7. The maximum absolute atomic E-state index is 12.4. The zero-order chi connectivity index (χ0) is 20.1. The van der Waals surface area contributed by atoms with E-state index in [9.17, 15) is 14.4 Å². The lowest BCUT2D eigenvalue weighted by Crippen LogP contribution is -2.34. The molecule has 0 radical (unpaired) electrons. The van der Waals surface area contributed by atoms with E-state index in [2.05, 4.69) is 5.32 Å². The number of carboxylic acids is 1. The minimum atomic E-state index is -0.957. The van der Waals surface area contributed by atoms with Gasteiger partial charge in [-0.25, -0.2) is 4.79 Å². The predicted octanol–water partition coefficient (Wildman–Crippen LogP) is 2.40. The summed E-state index contributed by atoms with van der Waals surface area (Å²) in [6.45, 7) is 3.43. The number of hydrogen-bond donors (Lipinski definition) is 2. The molecule has 1 heterocycles. The molecular formula is C22H24N2O4. The Labute approximate surface area is 164 Å². The van der Waals surface area contributed by atoms with Gasteiger partial charge in [0.05, 0.1) is 11.5 Å². The zero-order valence-electron chi connectivity index (χ0n) is 15.9. The molecule has 1 aliphatic rings. The van der Waals surface area contributed by atoms with Crippen molar-refractivity contribution >= 4 is 17.8 Å². The van der Waals surface area contributed by atoms with E-state index in [1.54, 1.807) is 29.2 Å². The summed E-state index contributed by atoms with van der Waals surface area (Å²) in [5.41, 5.74) is 3.43. The summed E-state index contributed by atoms with van der Waals surface area (Å²) < 4.78 is 0. The number of nitrogens with one attached hydrogen (secondary N) is 1. The molecule has 2 aromatic rings. The van der Waals surface area contributed by atoms with Crippen molar-refractivity contribution in [2.45, 2.75) is 26.3 Å². The first-order valence-electron chi connectivity index (χ1n) is 9.35. The van der Waals surface area contributed by atoms with Gasteiger partial charge in [0.15, 0.2) is 0 Å². The van der Waals surface area contributed by atoms with Gasteiger partial charge in [0.1, 0.15) is 0 Å². The summed E-state index contributed by atoms with van der Waals surface area (Å²) in [6, 6.07) is 14.6. The molecule has 1 unspecified atom stereocenters. The first-order chi connectivity index (χ1) is 13.4. The number of carboxylic acid groups (broad SMARTS) is 1. The van der Waals surface area contributed by atoms with E-state index in [0.717, 1.165) is 11.1 Å². The summed E-state index contributed by atoms with van der Waals surface area (Å²) in [5, 5.41) is 11.8. The Kier molecular flexibility index (Phi) is 6.09. The van der Waals surface area contributed by atoms with Crippen molar-refractivity contribution in [3.05, 3.63) is 70.8 Å². The van der Waals surface area contributed by atoms with Crippen LogP contribution in [0.15, 0.2) is 48.5 Å². The zero-order valence-corrected chi connectivity index (χ0v) is 15.9. The molecule has 6 heteroatoms. The smallest absolute Gasteiger partial charge is 0.335 e. The number of carbonyl (C=O) groups excluding carboxylic acids is 2. The van der Waals surface area contributed by atoms with Crippen LogP contribution in [0.3, 0.4) is 0 Å². The topological polar surface area (TPSA) is 86.7 Å². The van der Waals surface area contributed by atoms with Crippen LogP contribution in [-0.2, 0) is 22.6 Å². The lowest BCUT2D eigenvalue weighted by Gasteiger charge is -2.17. The summed E-state index contributed by atoms with van der Waals surface area (Å²) in [5.74, 6) is -1.39. The fourth-order valence-electron chi connectivity index (χ4n) is 3.30. The average Bonchev–Trinajstić information content (AvgIpc) is 3.04. The Balaban J connectivity index is 1.46. The second-order valence-electron chi connectivity index (χ2n) is 7.20. The molecule has 1 aliphatic heterocycles. The van der Waals surface area contributed by atoms with Crippen LogP contribution in [0.1, 0.15) is 33.5 Å². The van der Waals surface area contributed by atoms with Gasteiger partial charge in [-0.15, -0.1) is 0 Å². The van der Waals surface area contributed by atoms with Gasteiger partial charge in [-0.2, -0.15) is 0 Å². The third-order valence-electron chi connectivity index (χ3n) is 4.99. The Morgan fingerprint density at radius 3 is 2.36 bits per heavy atom. The van der Waals surface area contributed by atoms with Crippen LogP contribution in [-0.4, -0.2) is 40.9 Å². The minimum absolute atomic E-state index is 0.00462. The Hall–Kier alpha value is -3.15. The van der Waals surface area contributed by atoms with E-state index < -0.39 is 5.97 Å². The second kappa shape index (κ2) is 8.69. The van der Waals surface area contributed by atoms with Crippen molar-refractivity contribution in [2.75, 3.05) is 13.1 Å². The summed E-state index contributed by atoms with van der Waals surface area (Å²) >= 11 is 0. The highest BCUT2D eigenvalue weighted by Crippen LogP contribution is 2.20. The van der Waals surface area contributed by atoms with Gasteiger partial charge < -0.3 is 15.3 Å². The largest absolute Gasteiger partial charge is 0.478 e. The number of amides is 2. The molecule has 2 amide bonds. The maximum Gasteiger partial charge on any atom is 0.335 e. The third kappa shape index (κ3) is 4.97. The van der Waals surface area contributed by atoms with E-state index in [4.69, 9.17) is 5.11 Å². The first kappa shape index (κ1) is 19.6. The fraction of sp³-hybridized carbons (Fsp3) is 0.318. The molecule has 146 valence electrons. The number of aryl methyl sites for hydroxylation is 1. The van der Waals surface area contributed by atoms with E-state index >= 15 is 0 Å². The van der Waals surface area contributed by atoms with Crippen LogP contribution in [0.4, 0.5) is 0 Å². The highest BCUT2D eigenvalue weighted by Gasteiger charge is 2.33. The highest BCUT2D eigenvalue weighted by atomic mass is 16.4. The number of carbonyl (C=O) groups is 3. The van der Waals surface area contributed by atoms with E-state index in [1.807, 2.05) is 31.2 Å². The van der Waals surface area contributed by atoms with Gasteiger partial charge in [0, 0.05) is 26.1 Å². The van der Waals surface area contributed by atoms with Gasteiger partial charge in [0.2, 0.25) is 11.8 Å². The SMILES string of the molecule is Cc1ccc(CN2CC(C(=O)NCCc3ccc(C(=O)O)cc3)CC2=O)cc1. The van der Waals surface area contributed by atoms with E-state index in [1.165, 1.54) is 5.56 Å². The third-order valence-corrected chi connectivity index (χ3v) is 4.99. The van der Waals surface area contributed by atoms with Crippen LogP contribution in [0.5, 0.6) is 0 Å². The number of hydrogen-bond acceptors (Lipinski definition) is 3. The molecular weight excluding hydrogens is 356 g/mol. The number of likely N-dealkylation sites (tertiary alicyclic amines) is 1. The first-order valence-corrected chi connectivity index (χ1v) is 9.35. The quantitative estimate of drug-likeness (QED) is 0.772. The van der Waals surface area contributed by atoms with Crippen LogP contribution >= 0.6 is 0 Å². The summed E-state index contributed by atoms with van der Waals surface area (Å²) in [4.78, 5) is 37.2. The molecule has 0 aliphatic carbocycles. The molecule has 28 heavy (non-hydrogen) atoms. The fourth-order valence-corrected chi connectivity index (χ4v) is 3.30. The van der Waals surface area contributed by atoms with Gasteiger partial charge in [-0.3, -0.25) is 9.59 Å². The van der Waals surface area contributed by atoms with Crippen molar-refractivity contribution in [1.82, 2.24) is 10.2 Å². The molecule has 1 atom stereocenters. The molecule has 6 nitrogen and oxygen atoms in total. The van der Waals surface area contributed by atoms with Crippen LogP contribution in [0.25, 0.3) is 0 Å². The second-order valence-corrected chi connectivity index (χ2v) is 7.20. The number of nitrogens with zero attached hydrogens (tertiary/aromatic N) is 1. The molecule has 0 aromatic heterocycles. The molecule has 0 bridgehead atoms. The van der Waals surface area contributed by atoms with Crippen molar-refractivity contribution in [1.29, 1.82) is 0 Å². The van der Waals surface area contributed by atoms with Crippen molar-refractivity contribution < 1.29 is 19.5 Å². The van der Waals surface area contributed by atoms with E-state index in [0.29, 0.717) is 26.1 Å². The van der Waals surface area contributed by atoms with Gasteiger partial charge in [0.25, 0.3) is 0 Å². The van der Waals surface area contributed by atoms with Crippen molar-refractivity contribution in [2.24, 2.45) is 5.92 Å². The Bertz CT molecular complexity index is 859.